The second kappa shape index (κ2) is 14.8. The van der Waals surface area contributed by atoms with Gasteiger partial charge in [0.2, 0.25) is 11.8 Å². The van der Waals surface area contributed by atoms with Crippen molar-refractivity contribution in [2.45, 2.75) is 103 Å². The molecule has 9 heteroatoms. The highest BCUT2D eigenvalue weighted by Crippen LogP contribution is 2.27. The van der Waals surface area contributed by atoms with E-state index in [9.17, 15) is 24.6 Å². The molecule has 2 atom stereocenters. The first kappa shape index (κ1) is 31.8. The Bertz CT molecular complexity index is 1140. The number of amides is 3. The summed E-state index contributed by atoms with van der Waals surface area (Å²) in [5.41, 5.74) is 0.522. The average molecular weight is 568 g/mol. The zero-order valence-electron chi connectivity index (χ0n) is 24.7. The first-order chi connectivity index (χ1) is 19.5. The molecule has 9 nitrogen and oxygen atoms in total. The molecule has 0 spiro atoms. The van der Waals surface area contributed by atoms with Crippen LogP contribution in [0.1, 0.15) is 89.8 Å². The van der Waals surface area contributed by atoms with E-state index >= 15 is 0 Å². The summed E-state index contributed by atoms with van der Waals surface area (Å²) < 4.78 is 5.47. The van der Waals surface area contributed by atoms with Crippen molar-refractivity contribution in [3.8, 4) is 11.5 Å². The van der Waals surface area contributed by atoms with Crippen LogP contribution >= 0.6 is 0 Å². The number of nitrogens with one attached hydrogen (secondary N) is 2. The van der Waals surface area contributed by atoms with Gasteiger partial charge in [0, 0.05) is 19.0 Å². The fraction of sp³-hybridized carbons (Fsp3) is 0.531. The number of hydrogen-bond acceptors (Lipinski definition) is 6. The van der Waals surface area contributed by atoms with Crippen LogP contribution in [0.4, 0.5) is 4.79 Å². The van der Waals surface area contributed by atoms with Crippen molar-refractivity contribution >= 4 is 17.9 Å². The molecule has 2 unspecified atom stereocenters. The topological polar surface area (TPSA) is 128 Å². The molecule has 1 aliphatic carbocycles. The van der Waals surface area contributed by atoms with E-state index in [1.807, 2.05) is 6.92 Å². The summed E-state index contributed by atoms with van der Waals surface area (Å²) in [4.78, 5) is 42.7. The van der Waals surface area contributed by atoms with Gasteiger partial charge in [-0.3, -0.25) is 9.59 Å². The van der Waals surface area contributed by atoms with Crippen LogP contribution in [-0.2, 0) is 20.7 Å². The van der Waals surface area contributed by atoms with Gasteiger partial charge >= 0.3 is 6.09 Å². The number of rotatable bonds is 11. The number of ether oxygens (including phenoxy) is 1. The van der Waals surface area contributed by atoms with E-state index in [4.69, 9.17) is 4.74 Å². The molecule has 1 fully saturated rings. The van der Waals surface area contributed by atoms with E-state index in [1.54, 1.807) is 45.0 Å². The summed E-state index contributed by atoms with van der Waals surface area (Å²) in [6, 6.07) is 10.8. The number of unbranched alkanes of at least 4 members (excludes halogenated alkanes) is 1. The minimum atomic E-state index is -1.03. The van der Waals surface area contributed by atoms with Gasteiger partial charge in [-0.1, -0.05) is 56.9 Å². The highest BCUT2D eigenvalue weighted by Gasteiger charge is 2.37. The van der Waals surface area contributed by atoms with Crippen LogP contribution in [0.25, 0.3) is 0 Å². The van der Waals surface area contributed by atoms with E-state index in [0.29, 0.717) is 18.5 Å². The van der Waals surface area contributed by atoms with Crippen LogP contribution in [0.3, 0.4) is 0 Å². The maximum atomic E-state index is 14.4. The van der Waals surface area contributed by atoms with Gasteiger partial charge in [0.25, 0.3) is 0 Å². The molecule has 1 saturated carbocycles. The molecule has 3 amide bonds. The van der Waals surface area contributed by atoms with Crippen molar-refractivity contribution in [2.75, 3.05) is 6.54 Å². The molecular formula is C32H45N3O6. The van der Waals surface area contributed by atoms with E-state index < -0.39 is 29.7 Å². The lowest BCUT2D eigenvalue weighted by Gasteiger charge is -2.36. The van der Waals surface area contributed by atoms with Gasteiger partial charge in [-0.2, -0.15) is 0 Å². The Labute approximate surface area is 243 Å². The van der Waals surface area contributed by atoms with E-state index in [2.05, 4.69) is 10.6 Å². The lowest BCUT2D eigenvalue weighted by molar-refractivity contribution is -0.143. The maximum Gasteiger partial charge on any atom is 0.408 e. The van der Waals surface area contributed by atoms with Gasteiger partial charge in [0.1, 0.15) is 29.2 Å². The number of phenols is 2. The minimum absolute atomic E-state index is 0.0340. The quantitative estimate of drug-likeness (QED) is 0.290. The summed E-state index contributed by atoms with van der Waals surface area (Å²) in [5.74, 6) is -0.557. The summed E-state index contributed by atoms with van der Waals surface area (Å²) >= 11 is 0. The Balaban J connectivity index is 2.00. The van der Waals surface area contributed by atoms with Crippen LogP contribution in [0.2, 0.25) is 0 Å². The van der Waals surface area contributed by atoms with Gasteiger partial charge in [-0.15, -0.1) is 0 Å². The smallest absolute Gasteiger partial charge is 0.408 e. The second-order valence-corrected chi connectivity index (χ2v) is 11.8. The Hall–Kier alpha value is -3.75. The largest absolute Gasteiger partial charge is 0.508 e. The molecule has 0 saturated heterocycles. The molecule has 41 heavy (non-hydrogen) atoms. The number of carbonyl (C=O) groups is 3. The molecular weight excluding hydrogens is 522 g/mol. The van der Waals surface area contributed by atoms with Crippen LogP contribution in [0, 0.1) is 0 Å². The summed E-state index contributed by atoms with van der Waals surface area (Å²) in [6.45, 7) is 7.53. The Kier molecular flexibility index (Phi) is 11.4. The van der Waals surface area contributed by atoms with Crippen molar-refractivity contribution in [3.05, 3.63) is 59.7 Å². The van der Waals surface area contributed by atoms with E-state index in [1.165, 1.54) is 29.2 Å². The van der Waals surface area contributed by atoms with Crippen molar-refractivity contribution < 1.29 is 29.3 Å². The van der Waals surface area contributed by atoms with Crippen molar-refractivity contribution in [3.63, 3.8) is 0 Å². The Morgan fingerprint density at radius 1 is 0.951 bits per heavy atom. The van der Waals surface area contributed by atoms with Crippen LogP contribution in [-0.4, -0.2) is 57.3 Å². The monoisotopic (exact) mass is 567 g/mol. The number of hydrogen-bond donors (Lipinski definition) is 4. The normalized spacial score (nSPS) is 15.4. The fourth-order valence-electron chi connectivity index (χ4n) is 5.07. The molecule has 0 aliphatic heterocycles. The van der Waals surface area contributed by atoms with Crippen molar-refractivity contribution in [1.29, 1.82) is 0 Å². The molecule has 224 valence electrons. The number of aromatic hydroxyl groups is 2. The third-order valence-electron chi connectivity index (χ3n) is 7.12. The lowest BCUT2D eigenvalue weighted by atomic mass is 9.94. The van der Waals surface area contributed by atoms with Gasteiger partial charge < -0.3 is 30.5 Å². The van der Waals surface area contributed by atoms with E-state index in [0.717, 1.165) is 44.1 Å². The van der Waals surface area contributed by atoms with Crippen LogP contribution in [0.5, 0.6) is 11.5 Å². The van der Waals surface area contributed by atoms with Gasteiger partial charge in [-0.25, -0.2) is 4.79 Å². The molecule has 0 heterocycles. The molecule has 4 N–H and O–H groups in total. The zero-order valence-corrected chi connectivity index (χ0v) is 24.7. The summed E-state index contributed by atoms with van der Waals surface area (Å²) in [7, 11) is 0. The standard InChI is InChI=1S/C32H45N3O6/c1-5-6-20-35(28(23-14-18-26(37)19-15-23)29(38)33-24-10-8-7-9-11-24)30(39)27(34-31(40)41-32(2,3)4)21-22-12-16-25(36)17-13-22/h12-19,24,27-28,36-37H,5-11,20-21H2,1-4H3,(H,33,38)(H,34,40). The third-order valence-corrected chi connectivity index (χ3v) is 7.12. The molecule has 2 aromatic carbocycles. The highest BCUT2D eigenvalue weighted by molar-refractivity contribution is 5.92. The minimum Gasteiger partial charge on any atom is -0.508 e. The predicted octanol–water partition coefficient (Wildman–Crippen LogP) is 5.35. The second-order valence-electron chi connectivity index (χ2n) is 11.8. The number of benzene rings is 2. The number of carbonyl (C=O) groups excluding carboxylic acids is 3. The number of nitrogens with zero attached hydrogens (tertiary/aromatic N) is 1. The fourth-order valence-corrected chi connectivity index (χ4v) is 5.07. The average Bonchev–Trinajstić information content (AvgIpc) is 2.91. The zero-order chi connectivity index (χ0) is 30.0. The molecule has 0 bridgehead atoms. The number of phenolic OH excluding ortho intramolecular Hbond substituents is 2. The summed E-state index contributed by atoms with van der Waals surface area (Å²) in [6.07, 6.45) is 5.84. The Morgan fingerprint density at radius 3 is 2.10 bits per heavy atom. The van der Waals surface area contributed by atoms with Gasteiger partial charge in [-0.05, 0) is 75.4 Å². The van der Waals surface area contributed by atoms with Gasteiger partial charge in [0.15, 0.2) is 0 Å². The number of alkyl carbamates (subject to hydrolysis) is 1. The lowest BCUT2D eigenvalue weighted by Crippen LogP contribution is -2.54. The highest BCUT2D eigenvalue weighted by atomic mass is 16.6. The molecule has 3 rings (SSSR count). The van der Waals surface area contributed by atoms with Gasteiger partial charge in [0.05, 0.1) is 0 Å². The van der Waals surface area contributed by atoms with Crippen molar-refractivity contribution in [1.82, 2.24) is 15.5 Å². The maximum absolute atomic E-state index is 14.4. The SMILES string of the molecule is CCCCN(C(=O)C(Cc1ccc(O)cc1)NC(=O)OC(C)(C)C)C(C(=O)NC1CCCCC1)c1ccc(O)cc1. The van der Waals surface area contributed by atoms with E-state index in [-0.39, 0.29) is 29.9 Å². The molecule has 0 radical (unpaired) electrons. The summed E-state index contributed by atoms with van der Waals surface area (Å²) in [5, 5.41) is 25.6. The molecule has 1 aliphatic rings. The third kappa shape index (κ3) is 9.99. The van der Waals surface area contributed by atoms with Crippen LogP contribution < -0.4 is 10.6 Å². The van der Waals surface area contributed by atoms with Crippen LogP contribution in [0.15, 0.2) is 48.5 Å². The first-order valence-electron chi connectivity index (χ1n) is 14.6. The predicted molar refractivity (Wildman–Crippen MR) is 157 cm³/mol. The van der Waals surface area contributed by atoms with Crippen molar-refractivity contribution in [2.24, 2.45) is 0 Å². The molecule has 2 aromatic rings. The first-order valence-corrected chi connectivity index (χ1v) is 14.6. The Morgan fingerprint density at radius 2 is 1.54 bits per heavy atom. The molecule has 0 aromatic heterocycles.